The molecule has 2 amide bonds. The van der Waals surface area contributed by atoms with Crippen molar-refractivity contribution in [1.82, 2.24) is 4.90 Å². The average molecular weight is 410 g/mol. The number of halogens is 1. The Morgan fingerprint density at radius 1 is 1.29 bits per heavy atom. The number of hydrogen-bond acceptors (Lipinski definition) is 5. The summed E-state index contributed by atoms with van der Waals surface area (Å²) in [6, 6.07) is 9.55. The molecule has 1 heterocycles. The van der Waals surface area contributed by atoms with Gasteiger partial charge in [0.05, 0.1) is 11.0 Å². The van der Waals surface area contributed by atoms with Gasteiger partial charge in [-0.3, -0.25) is 19.3 Å². The zero-order chi connectivity index (χ0) is 17.7. The second-order valence-electron chi connectivity index (χ2n) is 5.25. The topological polar surface area (TPSA) is 63.7 Å². The molecule has 24 heavy (non-hydrogen) atoms. The van der Waals surface area contributed by atoms with E-state index in [1.807, 2.05) is 36.4 Å². The fourth-order valence-electron chi connectivity index (χ4n) is 1.94. The van der Waals surface area contributed by atoms with Crippen LogP contribution in [0.5, 0.6) is 0 Å². The molecule has 1 aliphatic rings. The third-order valence-corrected chi connectivity index (χ3v) is 4.27. The van der Waals surface area contributed by atoms with Gasteiger partial charge in [0.15, 0.2) is 0 Å². The Morgan fingerprint density at radius 2 is 1.96 bits per heavy atom. The highest BCUT2D eigenvalue weighted by molar-refractivity contribution is 9.12. The number of ether oxygens (including phenoxy) is 1. The minimum atomic E-state index is -0.604. The summed E-state index contributed by atoms with van der Waals surface area (Å²) in [5.41, 5.74) is 0.959. The number of esters is 1. The molecule has 5 nitrogen and oxygen atoms in total. The van der Waals surface area contributed by atoms with Gasteiger partial charge < -0.3 is 4.74 Å². The van der Waals surface area contributed by atoms with Gasteiger partial charge in [-0.2, -0.15) is 0 Å². The lowest BCUT2D eigenvalue weighted by Crippen LogP contribution is -2.35. The molecule has 1 aliphatic heterocycles. The van der Waals surface area contributed by atoms with Gasteiger partial charge in [-0.25, -0.2) is 0 Å². The molecule has 1 aromatic rings. The summed E-state index contributed by atoms with van der Waals surface area (Å²) in [4.78, 5) is 37.0. The van der Waals surface area contributed by atoms with Gasteiger partial charge in [-0.15, -0.1) is 0 Å². The zero-order valence-electron chi connectivity index (χ0n) is 13.2. The normalized spacial score (nSPS) is 17.1. The number of carbonyl (C=O) groups is 3. The third-order valence-electron chi connectivity index (χ3n) is 2.90. The van der Waals surface area contributed by atoms with Gasteiger partial charge in [0, 0.05) is 4.48 Å². The van der Waals surface area contributed by atoms with Crippen LogP contribution < -0.4 is 0 Å². The van der Waals surface area contributed by atoms with E-state index in [1.54, 1.807) is 19.9 Å². The molecule has 7 heteroatoms. The van der Waals surface area contributed by atoms with Gasteiger partial charge in [0.2, 0.25) is 0 Å². The zero-order valence-corrected chi connectivity index (χ0v) is 15.6. The Hall–Kier alpha value is -1.86. The van der Waals surface area contributed by atoms with Gasteiger partial charge in [0.1, 0.15) is 6.54 Å². The van der Waals surface area contributed by atoms with Crippen LogP contribution in [0.1, 0.15) is 19.4 Å². The number of thioether (sulfide) groups is 1. The molecule has 0 radical (unpaired) electrons. The van der Waals surface area contributed by atoms with Crippen molar-refractivity contribution in [2.24, 2.45) is 0 Å². The van der Waals surface area contributed by atoms with Crippen molar-refractivity contribution in [2.75, 3.05) is 6.54 Å². The van der Waals surface area contributed by atoms with Crippen LogP contribution in [-0.2, 0) is 14.3 Å². The van der Waals surface area contributed by atoms with Gasteiger partial charge in [-0.1, -0.05) is 46.3 Å². The Labute approximate surface area is 152 Å². The van der Waals surface area contributed by atoms with E-state index in [0.29, 0.717) is 4.48 Å². The number of hydrogen-bond donors (Lipinski definition) is 0. The van der Waals surface area contributed by atoms with Crippen LogP contribution in [0.3, 0.4) is 0 Å². The van der Waals surface area contributed by atoms with Crippen molar-refractivity contribution in [2.45, 2.75) is 20.0 Å². The van der Waals surface area contributed by atoms with E-state index in [0.717, 1.165) is 22.2 Å². The van der Waals surface area contributed by atoms with E-state index in [1.165, 1.54) is 0 Å². The maximum atomic E-state index is 12.3. The molecule has 0 bridgehead atoms. The molecule has 1 fully saturated rings. The lowest BCUT2D eigenvalue weighted by Gasteiger charge is -2.13. The minimum Gasteiger partial charge on any atom is -0.462 e. The number of benzene rings is 1. The van der Waals surface area contributed by atoms with E-state index in [-0.39, 0.29) is 17.6 Å². The molecule has 126 valence electrons. The van der Waals surface area contributed by atoms with Crippen LogP contribution in [0.15, 0.2) is 45.8 Å². The molecule has 1 aromatic carbocycles. The molecule has 0 saturated carbocycles. The van der Waals surface area contributed by atoms with Gasteiger partial charge in [-0.05, 0) is 43.3 Å². The van der Waals surface area contributed by atoms with E-state index < -0.39 is 17.1 Å². The fourth-order valence-corrected chi connectivity index (χ4v) is 3.41. The van der Waals surface area contributed by atoms with Crippen molar-refractivity contribution < 1.29 is 19.1 Å². The molecule has 0 aromatic heterocycles. The first-order valence-electron chi connectivity index (χ1n) is 7.24. The quantitative estimate of drug-likeness (QED) is 0.543. The van der Waals surface area contributed by atoms with Crippen LogP contribution in [0.4, 0.5) is 4.79 Å². The second kappa shape index (κ2) is 8.30. The van der Waals surface area contributed by atoms with Gasteiger partial charge in [0.25, 0.3) is 11.1 Å². The lowest BCUT2D eigenvalue weighted by atomic mass is 10.2. The predicted octanol–water partition coefficient (Wildman–Crippen LogP) is 3.95. The molecule has 0 N–H and O–H groups in total. The number of rotatable bonds is 5. The maximum absolute atomic E-state index is 12.3. The Morgan fingerprint density at radius 3 is 2.58 bits per heavy atom. The Bertz CT molecular complexity index is 713. The van der Waals surface area contributed by atoms with Crippen molar-refractivity contribution in [3.63, 3.8) is 0 Å². The van der Waals surface area contributed by atoms with Crippen LogP contribution >= 0.6 is 27.7 Å². The lowest BCUT2D eigenvalue weighted by molar-refractivity contribution is -0.149. The summed E-state index contributed by atoms with van der Waals surface area (Å²) in [7, 11) is 0. The highest BCUT2D eigenvalue weighted by atomic mass is 79.9. The first-order valence-corrected chi connectivity index (χ1v) is 8.85. The van der Waals surface area contributed by atoms with Crippen molar-refractivity contribution in [3.05, 3.63) is 51.4 Å². The number of imide groups is 1. The van der Waals surface area contributed by atoms with Crippen molar-refractivity contribution in [1.29, 1.82) is 0 Å². The standard InChI is InChI=1S/C17H16BrNO4S/c1-11(2)23-15(20)10-19-16(21)14(24-17(19)22)9-13(18)8-12-6-4-3-5-7-12/h3-9,11H,10H2,1-2H3/b13-8-,14-9-. The summed E-state index contributed by atoms with van der Waals surface area (Å²) in [6.07, 6.45) is 3.11. The monoisotopic (exact) mass is 409 g/mol. The Kier molecular flexibility index (Phi) is 6.39. The first kappa shape index (κ1) is 18.5. The molecule has 0 aliphatic carbocycles. The maximum Gasteiger partial charge on any atom is 0.326 e. The first-order chi connectivity index (χ1) is 11.4. The molecular formula is C17H16BrNO4S. The third kappa shape index (κ3) is 5.07. The number of allylic oxidation sites excluding steroid dienone is 2. The van der Waals surface area contributed by atoms with Crippen LogP contribution in [0.25, 0.3) is 6.08 Å². The van der Waals surface area contributed by atoms with Crippen LogP contribution in [-0.4, -0.2) is 34.7 Å². The summed E-state index contributed by atoms with van der Waals surface area (Å²) in [6.45, 7) is 3.04. The van der Waals surface area contributed by atoms with Gasteiger partial charge >= 0.3 is 5.97 Å². The fraction of sp³-hybridized carbons (Fsp3) is 0.235. The molecule has 0 spiro atoms. The highest BCUT2D eigenvalue weighted by Gasteiger charge is 2.36. The van der Waals surface area contributed by atoms with Crippen LogP contribution in [0, 0.1) is 0 Å². The SMILES string of the molecule is CC(C)OC(=O)CN1C(=O)S/C(=C\C(Br)=C\c2ccccc2)C1=O. The van der Waals surface area contributed by atoms with Crippen molar-refractivity contribution >= 4 is 50.9 Å². The Balaban J connectivity index is 2.10. The van der Waals surface area contributed by atoms with E-state index in [9.17, 15) is 14.4 Å². The van der Waals surface area contributed by atoms with E-state index in [2.05, 4.69) is 15.9 Å². The summed E-state index contributed by atoms with van der Waals surface area (Å²) >= 11 is 4.17. The molecule has 1 saturated heterocycles. The predicted molar refractivity (Wildman–Crippen MR) is 97.4 cm³/mol. The van der Waals surface area contributed by atoms with E-state index >= 15 is 0 Å². The van der Waals surface area contributed by atoms with Crippen molar-refractivity contribution in [3.8, 4) is 0 Å². The molecule has 0 unspecified atom stereocenters. The summed E-state index contributed by atoms with van der Waals surface area (Å²) in [5.74, 6) is -1.10. The smallest absolute Gasteiger partial charge is 0.326 e. The van der Waals surface area contributed by atoms with E-state index in [4.69, 9.17) is 4.74 Å². The summed E-state index contributed by atoms with van der Waals surface area (Å²) in [5, 5.41) is -0.480. The van der Waals surface area contributed by atoms with Crippen LogP contribution in [0.2, 0.25) is 0 Å². The highest BCUT2D eigenvalue weighted by Crippen LogP contribution is 2.32. The average Bonchev–Trinajstić information content (AvgIpc) is 2.75. The number of nitrogens with zero attached hydrogens (tertiary/aromatic N) is 1. The minimum absolute atomic E-state index is 0.261. The molecular weight excluding hydrogens is 394 g/mol. The number of amides is 2. The molecule has 2 rings (SSSR count). The largest absolute Gasteiger partial charge is 0.462 e. The summed E-state index contributed by atoms with van der Waals surface area (Å²) < 4.78 is 5.63. The second-order valence-corrected chi connectivity index (χ2v) is 7.16. The number of carbonyl (C=O) groups excluding carboxylic acids is 3. The molecule has 0 atom stereocenters.